The number of nitrogens with zero attached hydrogens (tertiary/aromatic N) is 2. The predicted octanol–water partition coefficient (Wildman–Crippen LogP) is 14.0. The molecule has 0 atom stereocenters. The molecule has 3 nitrogen and oxygen atoms in total. The van der Waals surface area contributed by atoms with Gasteiger partial charge in [-0.05, 0) is 105 Å². The highest BCUT2D eigenvalue weighted by atomic mass is 32.1. The lowest BCUT2D eigenvalue weighted by Crippen LogP contribution is -2.32. The normalized spacial score (nSPS) is 13.3. The summed E-state index contributed by atoms with van der Waals surface area (Å²) in [5.41, 5.74) is 15.8. The van der Waals surface area contributed by atoms with Crippen LogP contribution in [0.3, 0.4) is 0 Å². The Labute approximate surface area is 331 Å². The van der Waals surface area contributed by atoms with Gasteiger partial charge >= 0.3 is 0 Å². The molecular formula is C51H30N2OS2. The minimum Gasteiger partial charge on any atom is -0.457 e. The lowest BCUT2D eigenvalue weighted by atomic mass is 9.66. The van der Waals surface area contributed by atoms with Gasteiger partial charge in [0.2, 0.25) is 0 Å². The fraction of sp³-hybridized carbons (Fsp3) is 0.0196. The average Bonchev–Trinajstić information content (AvgIpc) is 3.98. The summed E-state index contributed by atoms with van der Waals surface area (Å²) in [6.07, 6.45) is 0. The quantitative estimate of drug-likeness (QED) is 0.180. The van der Waals surface area contributed by atoms with Crippen molar-refractivity contribution in [3.63, 3.8) is 0 Å². The fourth-order valence-electron chi connectivity index (χ4n) is 9.04. The maximum atomic E-state index is 6.58. The van der Waals surface area contributed by atoms with E-state index in [1.807, 2.05) is 0 Å². The Morgan fingerprint density at radius 1 is 0.375 bits per heavy atom. The van der Waals surface area contributed by atoms with Crippen molar-refractivity contribution in [2.45, 2.75) is 5.41 Å². The first-order valence-corrected chi connectivity index (χ1v) is 20.4. The van der Waals surface area contributed by atoms with Gasteiger partial charge in [-0.15, -0.1) is 22.7 Å². The molecule has 0 unspecified atom stereocenters. The maximum absolute atomic E-state index is 6.58. The standard InChI is InChI=1S/C51H30N2OS2/c1-2-17-38-37(15-1)48-36(16-12-20-41(48)51(38)39-18-3-7-23-44(39)54-45-24-8-4-19-40(45)51)32-14-11-13-31(27-32)33-28-34(49-52-42-21-5-9-25-46(42)55-49)30-35(29-33)50-53-43-22-6-10-26-47(43)56-50/h1-30H. The van der Waals surface area contributed by atoms with Crippen LogP contribution in [0.1, 0.15) is 22.3 Å². The van der Waals surface area contributed by atoms with E-state index in [-0.39, 0.29) is 0 Å². The Kier molecular flexibility index (Phi) is 6.88. The van der Waals surface area contributed by atoms with Crippen LogP contribution in [0.25, 0.3) is 75.0 Å². The molecule has 0 amide bonds. The first-order chi connectivity index (χ1) is 27.7. The molecule has 0 bridgehead atoms. The molecule has 1 spiro atoms. The Balaban J connectivity index is 1.06. The van der Waals surface area contributed by atoms with E-state index < -0.39 is 5.41 Å². The summed E-state index contributed by atoms with van der Waals surface area (Å²) in [4.78, 5) is 10.2. The van der Waals surface area contributed by atoms with Crippen LogP contribution >= 0.6 is 22.7 Å². The summed E-state index contributed by atoms with van der Waals surface area (Å²) >= 11 is 3.47. The lowest BCUT2D eigenvalue weighted by Gasteiger charge is -2.39. The Bertz CT molecular complexity index is 3010. The summed E-state index contributed by atoms with van der Waals surface area (Å²) in [5.74, 6) is 1.80. The van der Waals surface area contributed by atoms with E-state index in [4.69, 9.17) is 14.7 Å². The lowest BCUT2D eigenvalue weighted by molar-refractivity contribution is 0.436. The highest BCUT2D eigenvalue weighted by Crippen LogP contribution is 2.63. The highest BCUT2D eigenvalue weighted by molar-refractivity contribution is 7.22. The van der Waals surface area contributed by atoms with Gasteiger partial charge in [0.25, 0.3) is 0 Å². The van der Waals surface area contributed by atoms with Crippen molar-refractivity contribution in [1.29, 1.82) is 0 Å². The molecular weight excluding hydrogens is 721 g/mol. The summed E-state index contributed by atoms with van der Waals surface area (Å²) in [6, 6.07) is 65.5. The van der Waals surface area contributed by atoms with Crippen LogP contribution < -0.4 is 4.74 Å². The number of fused-ring (bicyclic) bond motifs is 11. The summed E-state index contributed by atoms with van der Waals surface area (Å²) < 4.78 is 8.95. The van der Waals surface area contributed by atoms with Crippen molar-refractivity contribution < 1.29 is 4.74 Å². The van der Waals surface area contributed by atoms with Crippen LogP contribution in [0.2, 0.25) is 0 Å². The molecule has 2 aromatic heterocycles. The van der Waals surface area contributed by atoms with Crippen molar-refractivity contribution in [3.05, 3.63) is 204 Å². The van der Waals surface area contributed by atoms with Gasteiger partial charge in [0, 0.05) is 22.3 Å². The van der Waals surface area contributed by atoms with Crippen LogP contribution in [-0.2, 0) is 5.41 Å². The number of rotatable bonds is 4. The molecule has 5 heteroatoms. The molecule has 0 saturated heterocycles. The number of aromatic nitrogens is 2. The minimum atomic E-state index is -0.511. The van der Waals surface area contributed by atoms with Gasteiger partial charge in [0.05, 0.1) is 25.8 Å². The van der Waals surface area contributed by atoms with Crippen LogP contribution in [0.15, 0.2) is 182 Å². The van der Waals surface area contributed by atoms with Crippen molar-refractivity contribution >= 4 is 43.1 Å². The van der Waals surface area contributed by atoms with E-state index in [0.29, 0.717) is 0 Å². The molecule has 12 rings (SSSR count). The molecule has 1 aliphatic carbocycles. The van der Waals surface area contributed by atoms with E-state index in [9.17, 15) is 0 Å². The largest absolute Gasteiger partial charge is 0.457 e. The van der Waals surface area contributed by atoms with Crippen molar-refractivity contribution in [2.75, 3.05) is 0 Å². The maximum Gasteiger partial charge on any atom is 0.132 e. The van der Waals surface area contributed by atoms with E-state index in [1.165, 1.54) is 53.9 Å². The Hall–Kier alpha value is -6.66. The zero-order chi connectivity index (χ0) is 36.8. The van der Waals surface area contributed by atoms with E-state index in [1.54, 1.807) is 22.7 Å². The van der Waals surface area contributed by atoms with Crippen LogP contribution in [0, 0.1) is 0 Å². The van der Waals surface area contributed by atoms with Crippen LogP contribution in [0.5, 0.6) is 11.5 Å². The zero-order valence-corrected chi connectivity index (χ0v) is 31.6. The van der Waals surface area contributed by atoms with E-state index in [0.717, 1.165) is 54.8 Å². The number of thiazole rings is 2. The topological polar surface area (TPSA) is 35.0 Å². The van der Waals surface area contributed by atoms with Gasteiger partial charge in [-0.3, -0.25) is 0 Å². The number of hydrogen-bond donors (Lipinski definition) is 0. The Morgan fingerprint density at radius 2 is 0.857 bits per heavy atom. The molecule has 1 aliphatic heterocycles. The second-order valence-corrected chi connectivity index (χ2v) is 16.5. The molecule has 10 aromatic rings. The molecule has 56 heavy (non-hydrogen) atoms. The molecule has 0 fully saturated rings. The highest BCUT2D eigenvalue weighted by Gasteiger charge is 2.51. The third kappa shape index (κ3) is 4.62. The zero-order valence-electron chi connectivity index (χ0n) is 29.9. The van der Waals surface area contributed by atoms with Gasteiger partial charge in [-0.1, -0.05) is 121 Å². The molecule has 0 saturated carbocycles. The van der Waals surface area contributed by atoms with Crippen molar-refractivity contribution in [2.24, 2.45) is 0 Å². The van der Waals surface area contributed by atoms with Gasteiger partial charge in [0.1, 0.15) is 21.5 Å². The van der Waals surface area contributed by atoms with Gasteiger partial charge in [0.15, 0.2) is 0 Å². The van der Waals surface area contributed by atoms with Gasteiger partial charge in [-0.2, -0.15) is 0 Å². The number of para-hydroxylation sites is 4. The number of hydrogen-bond acceptors (Lipinski definition) is 5. The fourth-order valence-corrected chi connectivity index (χ4v) is 10.9. The van der Waals surface area contributed by atoms with E-state index >= 15 is 0 Å². The second-order valence-electron chi connectivity index (χ2n) is 14.5. The molecule has 0 radical (unpaired) electrons. The summed E-state index contributed by atoms with van der Waals surface area (Å²) in [5, 5.41) is 2.01. The van der Waals surface area contributed by atoms with Crippen molar-refractivity contribution in [3.8, 4) is 66.0 Å². The SMILES string of the molecule is c1cc(-c2cc(-c3nc4ccccc4s3)cc(-c3nc4ccccc4s3)c2)cc(-c2cccc3c2-c2ccccc2C32c3ccccc3Oc3ccccc32)c1. The molecule has 0 N–H and O–H groups in total. The van der Waals surface area contributed by atoms with E-state index in [2.05, 4.69) is 182 Å². The van der Waals surface area contributed by atoms with Crippen LogP contribution in [-0.4, -0.2) is 9.97 Å². The smallest absolute Gasteiger partial charge is 0.132 e. The molecule has 262 valence electrons. The van der Waals surface area contributed by atoms with Crippen LogP contribution in [0.4, 0.5) is 0 Å². The van der Waals surface area contributed by atoms with Crippen molar-refractivity contribution in [1.82, 2.24) is 9.97 Å². The summed E-state index contributed by atoms with van der Waals surface area (Å²) in [6.45, 7) is 0. The molecule has 8 aromatic carbocycles. The first kappa shape index (κ1) is 31.7. The third-order valence-corrected chi connectivity index (χ3v) is 13.6. The number of ether oxygens (including phenoxy) is 1. The third-order valence-electron chi connectivity index (χ3n) is 11.4. The monoisotopic (exact) mass is 750 g/mol. The number of benzene rings is 8. The molecule has 3 heterocycles. The first-order valence-electron chi connectivity index (χ1n) is 18.8. The Morgan fingerprint density at radius 3 is 1.52 bits per heavy atom. The summed E-state index contributed by atoms with van der Waals surface area (Å²) in [7, 11) is 0. The average molecular weight is 751 g/mol. The second kappa shape index (κ2) is 12.2. The minimum absolute atomic E-state index is 0.511. The molecule has 2 aliphatic rings. The van der Waals surface area contributed by atoms with Gasteiger partial charge < -0.3 is 4.74 Å². The predicted molar refractivity (Wildman–Crippen MR) is 232 cm³/mol. The van der Waals surface area contributed by atoms with Gasteiger partial charge in [-0.25, -0.2) is 9.97 Å².